The predicted octanol–water partition coefficient (Wildman–Crippen LogP) is -0.126. The number of carbonyl (C=O) groups excluding carboxylic acids is 1. The van der Waals surface area contributed by atoms with Gasteiger partial charge in [0.05, 0.1) is 0 Å². The molecule has 0 radical (unpaired) electrons. The number of amides is 1. The Hall–Kier alpha value is -0.570. The first-order chi connectivity index (χ1) is 5.36. The number of nitrogens with one attached hydrogen (secondary N) is 2. The van der Waals surface area contributed by atoms with Crippen molar-refractivity contribution in [2.45, 2.75) is 25.3 Å². The van der Waals surface area contributed by atoms with Gasteiger partial charge in [0.25, 0.3) is 0 Å². The minimum atomic E-state index is 0.244. The summed E-state index contributed by atoms with van der Waals surface area (Å²) in [5.74, 6) is 0.939. The zero-order valence-corrected chi connectivity index (χ0v) is 6.60. The lowest BCUT2D eigenvalue weighted by Gasteiger charge is -2.36. The van der Waals surface area contributed by atoms with Gasteiger partial charge in [-0.05, 0) is 31.8 Å². The van der Waals surface area contributed by atoms with Crippen molar-refractivity contribution < 1.29 is 4.79 Å². The van der Waals surface area contributed by atoms with Gasteiger partial charge in [-0.3, -0.25) is 4.79 Å². The molecule has 2 saturated heterocycles. The van der Waals surface area contributed by atoms with E-state index in [2.05, 4.69) is 10.6 Å². The van der Waals surface area contributed by atoms with Gasteiger partial charge < -0.3 is 10.6 Å². The van der Waals surface area contributed by atoms with Gasteiger partial charge in [0.2, 0.25) is 5.91 Å². The lowest BCUT2D eigenvalue weighted by molar-refractivity contribution is -0.124. The molecule has 2 aliphatic rings. The Morgan fingerprint density at radius 3 is 3.18 bits per heavy atom. The van der Waals surface area contributed by atoms with Crippen molar-refractivity contribution in [3.8, 4) is 0 Å². The van der Waals surface area contributed by atoms with Crippen LogP contribution in [0.5, 0.6) is 0 Å². The maximum Gasteiger partial charge on any atom is 0.220 e. The highest BCUT2D eigenvalue weighted by Crippen LogP contribution is 2.20. The quantitative estimate of drug-likeness (QED) is 0.510. The zero-order valence-electron chi connectivity index (χ0n) is 6.60. The van der Waals surface area contributed by atoms with Crippen molar-refractivity contribution >= 4 is 5.91 Å². The first-order valence-electron chi connectivity index (χ1n) is 4.36. The van der Waals surface area contributed by atoms with E-state index in [-0.39, 0.29) is 5.91 Å². The first-order valence-corrected chi connectivity index (χ1v) is 4.36. The first kappa shape index (κ1) is 7.10. The number of rotatable bonds is 0. The van der Waals surface area contributed by atoms with Gasteiger partial charge in [-0.25, -0.2) is 0 Å². The molecule has 3 nitrogen and oxygen atoms in total. The third-order valence-electron chi connectivity index (χ3n) is 2.70. The number of hydrogen-bond donors (Lipinski definition) is 2. The van der Waals surface area contributed by atoms with E-state index in [0.29, 0.717) is 12.0 Å². The van der Waals surface area contributed by atoms with Crippen LogP contribution >= 0.6 is 0 Å². The number of carbonyl (C=O) groups is 1. The monoisotopic (exact) mass is 154 g/mol. The molecule has 0 aromatic carbocycles. The Morgan fingerprint density at radius 2 is 2.27 bits per heavy atom. The molecule has 0 bridgehead atoms. The van der Waals surface area contributed by atoms with Crippen LogP contribution in [0.4, 0.5) is 0 Å². The second kappa shape index (κ2) is 2.81. The molecule has 62 valence electrons. The van der Waals surface area contributed by atoms with Crippen molar-refractivity contribution in [3.05, 3.63) is 0 Å². The van der Waals surface area contributed by atoms with E-state index < -0.39 is 0 Å². The molecule has 0 aromatic rings. The summed E-state index contributed by atoms with van der Waals surface area (Å²) in [6.07, 6.45) is 2.91. The molecule has 0 unspecified atom stereocenters. The van der Waals surface area contributed by atoms with Crippen molar-refractivity contribution in [2.75, 3.05) is 13.1 Å². The van der Waals surface area contributed by atoms with Gasteiger partial charge >= 0.3 is 0 Å². The third kappa shape index (κ3) is 1.38. The van der Waals surface area contributed by atoms with Gasteiger partial charge in [-0.15, -0.1) is 0 Å². The summed E-state index contributed by atoms with van der Waals surface area (Å²) in [6, 6.07) is 0.470. The summed E-state index contributed by atoms with van der Waals surface area (Å²) < 4.78 is 0. The molecule has 0 saturated carbocycles. The Bertz CT molecular complexity index is 169. The zero-order chi connectivity index (χ0) is 7.68. The topological polar surface area (TPSA) is 41.1 Å². The average molecular weight is 154 g/mol. The third-order valence-corrected chi connectivity index (χ3v) is 2.70. The van der Waals surface area contributed by atoms with Crippen LogP contribution in [-0.4, -0.2) is 25.0 Å². The van der Waals surface area contributed by atoms with E-state index in [1.165, 1.54) is 0 Å². The van der Waals surface area contributed by atoms with Crippen molar-refractivity contribution in [2.24, 2.45) is 5.92 Å². The van der Waals surface area contributed by atoms with Crippen LogP contribution in [-0.2, 0) is 4.79 Å². The van der Waals surface area contributed by atoms with E-state index in [1.807, 2.05) is 0 Å². The molecule has 0 aliphatic carbocycles. The standard InChI is InChI=1S/C8H14N2O/c11-8-2-1-6-5-9-4-3-7(6)10-8/h6-7,9H,1-5H2,(H,10,11)/t6-,7+/m0/s1. The van der Waals surface area contributed by atoms with E-state index in [1.54, 1.807) is 0 Å². The van der Waals surface area contributed by atoms with Gasteiger partial charge in [0, 0.05) is 12.5 Å². The molecule has 2 heterocycles. The van der Waals surface area contributed by atoms with Crippen molar-refractivity contribution in [3.63, 3.8) is 0 Å². The minimum Gasteiger partial charge on any atom is -0.353 e. The smallest absolute Gasteiger partial charge is 0.220 e. The second-order valence-electron chi connectivity index (χ2n) is 3.47. The van der Waals surface area contributed by atoms with Gasteiger partial charge in [-0.1, -0.05) is 0 Å². The van der Waals surface area contributed by atoms with E-state index in [4.69, 9.17) is 0 Å². The molecule has 2 rings (SSSR count). The molecule has 3 heteroatoms. The fraction of sp³-hybridized carbons (Fsp3) is 0.875. The van der Waals surface area contributed by atoms with Crippen LogP contribution in [0.25, 0.3) is 0 Å². The lowest BCUT2D eigenvalue weighted by atomic mass is 9.86. The molecule has 11 heavy (non-hydrogen) atoms. The summed E-state index contributed by atoms with van der Waals surface area (Å²) in [5, 5.41) is 6.39. The van der Waals surface area contributed by atoms with E-state index >= 15 is 0 Å². The maximum absolute atomic E-state index is 11.0. The molecule has 2 fully saturated rings. The highest BCUT2D eigenvalue weighted by Gasteiger charge is 2.30. The van der Waals surface area contributed by atoms with Crippen LogP contribution in [0.1, 0.15) is 19.3 Å². The van der Waals surface area contributed by atoms with Crippen LogP contribution in [0.15, 0.2) is 0 Å². The van der Waals surface area contributed by atoms with Gasteiger partial charge in [-0.2, -0.15) is 0 Å². The Kier molecular flexibility index (Phi) is 1.82. The fourth-order valence-electron chi connectivity index (χ4n) is 2.01. The van der Waals surface area contributed by atoms with Crippen molar-refractivity contribution in [1.29, 1.82) is 0 Å². The number of hydrogen-bond acceptors (Lipinski definition) is 2. The Morgan fingerprint density at radius 1 is 1.36 bits per heavy atom. The van der Waals surface area contributed by atoms with Gasteiger partial charge in [0.15, 0.2) is 0 Å². The predicted molar refractivity (Wildman–Crippen MR) is 42.1 cm³/mol. The SMILES string of the molecule is O=C1CC[C@H]2CNCC[C@H]2N1. The summed E-state index contributed by atoms with van der Waals surface area (Å²) in [7, 11) is 0. The molecule has 2 atom stereocenters. The molecule has 2 aliphatic heterocycles. The molecule has 2 N–H and O–H groups in total. The Labute approximate surface area is 66.5 Å². The van der Waals surface area contributed by atoms with Crippen LogP contribution in [0, 0.1) is 5.92 Å². The molecular formula is C8H14N2O. The second-order valence-corrected chi connectivity index (χ2v) is 3.47. The number of piperidine rings is 2. The number of fused-ring (bicyclic) bond motifs is 1. The van der Waals surface area contributed by atoms with Gasteiger partial charge in [0.1, 0.15) is 0 Å². The fourth-order valence-corrected chi connectivity index (χ4v) is 2.01. The molecule has 0 spiro atoms. The van der Waals surface area contributed by atoms with Crippen LogP contribution in [0.3, 0.4) is 0 Å². The minimum absolute atomic E-state index is 0.244. The summed E-state index contributed by atoms with van der Waals surface area (Å²) in [5.41, 5.74) is 0. The largest absolute Gasteiger partial charge is 0.353 e. The van der Waals surface area contributed by atoms with Crippen LogP contribution < -0.4 is 10.6 Å². The maximum atomic E-state index is 11.0. The van der Waals surface area contributed by atoms with E-state index in [0.717, 1.165) is 32.4 Å². The summed E-state index contributed by atoms with van der Waals surface area (Å²) in [4.78, 5) is 11.0. The average Bonchev–Trinajstić information content (AvgIpc) is 2.04. The van der Waals surface area contributed by atoms with Crippen molar-refractivity contribution in [1.82, 2.24) is 10.6 Å². The molecular weight excluding hydrogens is 140 g/mol. The summed E-state index contributed by atoms with van der Waals surface area (Å²) >= 11 is 0. The lowest BCUT2D eigenvalue weighted by Crippen LogP contribution is -2.52. The Balaban J connectivity index is 1.98. The molecule has 0 aromatic heterocycles. The van der Waals surface area contributed by atoms with Crippen LogP contribution in [0.2, 0.25) is 0 Å². The molecule has 1 amide bonds. The highest BCUT2D eigenvalue weighted by atomic mass is 16.1. The van der Waals surface area contributed by atoms with E-state index in [9.17, 15) is 4.79 Å². The highest BCUT2D eigenvalue weighted by molar-refractivity contribution is 5.77. The normalized spacial score (nSPS) is 37.6. The summed E-state index contributed by atoms with van der Waals surface area (Å²) in [6.45, 7) is 2.15.